The third-order valence-corrected chi connectivity index (χ3v) is 6.17. The van der Waals surface area contributed by atoms with Crippen molar-refractivity contribution in [2.75, 3.05) is 13.2 Å². The lowest BCUT2D eigenvalue weighted by atomic mass is 10.1. The first-order chi connectivity index (χ1) is 9.15. The van der Waals surface area contributed by atoms with Gasteiger partial charge in [0, 0.05) is 18.6 Å². The molecule has 1 aliphatic carbocycles. The number of sulfone groups is 1. The van der Waals surface area contributed by atoms with E-state index in [-0.39, 0.29) is 11.0 Å². The Kier molecular flexibility index (Phi) is 3.62. The van der Waals surface area contributed by atoms with E-state index in [1.165, 1.54) is 12.8 Å². The van der Waals surface area contributed by atoms with Gasteiger partial charge in [-0.2, -0.15) is 0 Å². The highest BCUT2D eigenvalue weighted by Crippen LogP contribution is 2.34. The van der Waals surface area contributed by atoms with Crippen LogP contribution in [0.1, 0.15) is 49.5 Å². The van der Waals surface area contributed by atoms with Gasteiger partial charge < -0.3 is 9.26 Å². The standard InChI is InChI=1S/C13H19NO4S/c15-19(16,12-5-6-17-8-12)9-11-7-13(18-14-11)10-3-1-2-4-10/h7,10,12H,1-6,8-9H2. The monoisotopic (exact) mass is 285 g/mol. The lowest BCUT2D eigenvalue weighted by Crippen LogP contribution is -2.23. The van der Waals surface area contributed by atoms with Crippen LogP contribution in [0.3, 0.4) is 0 Å². The van der Waals surface area contributed by atoms with E-state index in [4.69, 9.17) is 9.26 Å². The second-order valence-corrected chi connectivity index (χ2v) is 7.78. The topological polar surface area (TPSA) is 69.4 Å². The largest absolute Gasteiger partial charge is 0.380 e. The third-order valence-electron chi connectivity index (χ3n) is 4.08. The third kappa shape index (κ3) is 2.84. The number of nitrogens with zero attached hydrogens (tertiary/aromatic N) is 1. The number of rotatable bonds is 4. The Morgan fingerprint density at radius 3 is 2.74 bits per heavy atom. The Bertz CT molecular complexity index is 525. The molecule has 1 aromatic rings. The number of ether oxygens (including phenoxy) is 1. The minimum Gasteiger partial charge on any atom is -0.380 e. The molecular formula is C13H19NO4S. The molecule has 0 bridgehead atoms. The first kappa shape index (κ1) is 13.1. The van der Waals surface area contributed by atoms with Crippen molar-refractivity contribution >= 4 is 9.84 Å². The van der Waals surface area contributed by atoms with E-state index < -0.39 is 9.84 Å². The van der Waals surface area contributed by atoms with Crippen LogP contribution in [0, 0.1) is 0 Å². The molecule has 6 heteroatoms. The zero-order chi connectivity index (χ0) is 13.3. The van der Waals surface area contributed by atoms with Crippen LogP contribution in [0.2, 0.25) is 0 Å². The van der Waals surface area contributed by atoms with Crippen LogP contribution in [0.25, 0.3) is 0 Å². The molecule has 0 aromatic carbocycles. The molecule has 5 nitrogen and oxygen atoms in total. The maximum Gasteiger partial charge on any atom is 0.161 e. The van der Waals surface area contributed by atoms with E-state index in [0.717, 1.165) is 18.6 Å². The maximum absolute atomic E-state index is 12.2. The highest BCUT2D eigenvalue weighted by Gasteiger charge is 2.31. The summed E-state index contributed by atoms with van der Waals surface area (Å²) in [5.74, 6) is 1.25. The van der Waals surface area contributed by atoms with E-state index in [2.05, 4.69) is 5.16 Å². The summed E-state index contributed by atoms with van der Waals surface area (Å²) in [5, 5.41) is 3.55. The highest BCUT2D eigenvalue weighted by molar-refractivity contribution is 7.91. The van der Waals surface area contributed by atoms with Gasteiger partial charge in [-0.3, -0.25) is 0 Å². The highest BCUT2D eigenvalue weighted by atomic mass is 32.2. The number of hydrogen-bond acceptors (Lipinski definition) is 5. The fourth-order valence-corrected chi connectivity index (χ4v) is 4.46. The summed E-state index contributed by atoms with van der Waals surface area (Å²) >= 11 is 0. The fourth-order valence-electron chi connectivity index (χ4n) is 2.92. The SMILES string of the molecule is O=S(=O)(Cc1cc(C2CCCC2)on1)C1CCOC1. The molecule has 2 heterocycles. The summed E-state index contributed by atoms with van der Waals surface area (Å²) in [6.45, 7) is 0.853. The van der Waals surface area contributed by atoms with E-state index >= 15 is 0 Å². The van der Waals surface area contributed by atoms with Gasteiger partial charge in [-0.05, 0) is 19.3 Å². The van der Waals surface area contributed by atoms with Gasteiger partial charge in [0.2, 0.25) is 0 Å². The van der Waals surface area contributed by atoms with Crippen LogP contribution in [0.5, 0.6) is 0 Å². The van der Waals surface area contributed by atoms with Gasteiger partial charge in [0.1, 0.15) is 5.76 Å². The maximum atomic E-state index is 12.2. The summed E-state index contributed by atoms with van der Waals surface area (Å²) in [5.41, 5.74) is 0.536. The molecule has 0 radical (unpaired) electrons. The number of aromatic nitrogens is 1. The predicted molar refractivity (Wildman–Crippen MR) is 69.6 cm³/mol. The van der Waals surface area contributed by atoms with Crippen molar-refractivity contribution in [3.8, 4) is 0 Å². The van der Waals surface area contributed by atoms with Crippen LogP contribution >= 0.6 is 0 Å². The molecule has 2 aliphatic rings. The predicted octanol–water partition coefficient (Wildman–Crippen LogP) is 2.04. The smallest absolute Gasteiger partial charge is 0.161 e. The van der Waals surface area contributed by atoms with E-state index in [9.17, 15) is 8.42 Å². The lowest BCUT2D eigenvalue weighted by molar-refractivity contribution is 0.198. The molecule has 0 spiro atoms. The second-order valence-electron chi connectivity index (χ2n) is 5.49. The van der Waals surface area contributed by atoms with Gasteiger partial charge in [0.15, 0.2) is 9.84 Å². The Hall–Kier alpha value is -0.880. The lowest BCUT2D eigenvalue weighted by Gasteiger charge is -2.07. The molecule has 1 aromatic heterocycles. The molecule has 2 fully saturated rings. The summed E-state index contributed by atoms with van der Waals surface area (Å²) < 4.78 is 34.8. The molecule has 1 atom stereocenters. The Morgan fingerprint density at radius 2 is 2.05 bits per heavy atom. The fraction of sp³-hybridized carbons (Fsp3) is 0.769. The molecule has 0 N–H and O–H groups in total. The summed E-state index contributed by atoms with van der Waals surface area (Å²) in [7, 11) is -3.17. The quantitative estimate of drug-likeness (QED) is 0.846. The molecule has 1 unspecified atom stereocenters. The Labute approximate surface area is 113 Å². The molecular weight excluding hydrogens is 266 g/mol. The van der Waals surface area contributed by atoms with Crippen molar-refractivity contribution in [1.82, 2.24) is 5.16 Å². The summed E-state index contributed by atoms with van der Waals surface area (Å²) in [6, 6.07) is 1.82. The van der Waals surface area contributed by atoms with Crippen molar-refractivity contribution in [2.24, 2.45) is 0 Å². The van der Waals surface area contributed by atoms with Crippen molar-refractivity contribution in [3.05, 3.63) is 17.5 Å². The molecule has 1 saturated carbocycles. The Balaban J connectivity index is 1.69. The molecule has 106 valence electrons. The van der Waals surface area contributed by atoms with Crippen LogP contribution in [0.4, 0.5) is 0 Å². The molecule has 19 heavy (non-hydrogen) atoms. The normalized spacial score (nSPS) is 25.2. The first-order valence-corrected chi connectivity index (χ1v) is 8.61. The molecule has 1 aliphatic heterocycles. The first-order valence-electron chi connectivity index (χ1n) is 6.90. The zero-order valence-corrected chi connectivity index (χ0v) is 11.7. The van der Waals surface area contributed by atoms with Crippen molar-refractivity contribution in [2.45, 2.75) is 49.0 Å². The second kappa shape index (κ2) is 5.25. The van der Waals surface area contributed by atoms with Crippen molar-refractivity contribution in [1.29, 1.82) is 0 Å². The van der Waals surface area contributed by atoms with Crippen LogP contribution in [-0.2, 0) is 20.3 Å². The average molecular weight is 285 g/mol. The van der Waals surface area contributed by atoms with Crippen LogP contribution in [0.15, 0.2) is 10.6 Å². The minimum absolute atomic E-state index is 0.0305. The zero-order valence-electron chi connectivity index (χ0n) is 10.9. The molecule has 0 amide bonds. The van der Waals surface area contributed by atoms with Crippen molar-refractivity contribution < 1.29 is 17.7 Å². The van der Waals surface area contributed by atoms with Gasteiger partial charge in [-0.15, -0.1) is 0 Å². The number of hydrogen-bond donors (Lipinski definition) is 0. The van der Waals surface area contributed by atoms with E-state index in [1.54, 1.807) is 0 Å². The van der Waals surface area contributed by atoms with Gasteiger partial charge in [0.05, 0.1) is 23.3 Å². The molecule has 1 saturated heterocycles. The van der Waals surface area contributed by atoms with Gasteiger partial charge in [0.25, 0.3) is 0 Å². The van der Waals surface area contributed by atoms with E-state index in [0.29, 0.717) is 31.2 Å². The summed E-state index contributed by atoms with van der Waals surface area (Å²) in [4.78, 5) is 0. The molecule has 3 rings (SSSR count). The summed E-state index contributed by atoms with van der Waals surface area (Å²) in [6.07, 6.45) is 5.28. The average Bonchev–Trinajstić information content (AvgIpc) is 3.11. The minimum atomic E-state index is -3.17. The van der Waals surface area contributed by atoms with Gasteiger partial charge in [-0.1, -0.05) is 18.0 Å². The van der Waals surface area contributed by atoms with E-state index in [1.807, 2.05) is 6.07 Å². The van der Waals surface area contributed by atoms with Gasteiger partial charge >= 0.3 is 0 Å². The van der Waals surface area contributed by atoms with Crippen LogP contribution < -0.4 is 0 Å². The van der Waals surface area contributed by atoms with Gasteiger partial charge in [-0.25, -0.2) is 8.42 Å². The van der Waals surface area contributed by atoms with Crippen molar-refractivity contribution in [3.63, 3.8) is 0 Å². The van der Waals surface area contributed by atoms with Crippen LogP contribution in [-0.4, -0.2) is 32.0 Å². The Morgan fingerprint density at radius 1 is 1.26 bits per heavy atom.